The molecule has 1 aromatic carbocycles. The van der Waals surface area contributed by atoms with Gasteiger partial charge in [0.2, 0.25) is 41.4 Å². The van der Waals surface area contributed by atoms with Gasteiger partial charge < -0.3 is 69.7 Å². The van der Waals surface area contributed by atoms with Crippen LogP contribution in [0.2, 0.25) is 0 Å². The van der Waals surface area contributed by atoms with Gasteiger partial charge in [-0.15, -0.1) is 0 Å². The standard InChI is InChI=1S/C42H67N13O9/c1-22(2)14-29(37(60)54-33(18-35(44)58)41(64)52-30(15-23(3)4)38(61)55-34(20-56)24(5)6)51-39(62)31(16-25-9-11-27(57)12-10-25)53-40(63)32(17-26-19-47-21-49-26)50-36(59)28(43)8-7-13-48-42(45)46/h9-12,19-24,28-34,57H,7-8,13-18,43H2,1-6H3,(H2,44,58)(H,47,49)(H,50,59)(H,51,62)(H,52,64)(H,53,63)(H,54,60)(H,55,61)(H4,45,46,48)/t28-,29?,30?,31-,32?,33-,34+/m0/s1. The summed E-state index contributed by atoms with van der Waals surface area (Å²) in [6, 6.07) is -2.74. The molecule has 3 unspecified atom stereocenters. The fourth-order valence-corrected chi connectivity index (χ4v) is 6.36. The normalized spacial score (nSPS) is 14.5. The van der Waals surface area contributed by atoms with E-state index in [0.29, 0.717) is 24.0 Å². The molecule has 0 saturated heterocycles. The summed E-state index contributed by atoms with van der Waals surface area (Å²) in [5.41, 5.74) is 23.3. The summed E-state index contributed by atoms with van der Waals surface area (Å²) in [4.78, 5) is 117. The van der Waals surface area contributed by atoms with Gasteiger partial charge in [-0.25, -0.2) is 4.98 Å². The van der Waals surface area contributed by atoms with Gasteiger partial charge in [0.25, 0.3) is 0 Å². The average Bonchev–Trinajstić information content (AvgIpc) is 3.73. The molecule has 1 heterocycles. The lowest BCUT2D eigenvalue weighted by Crippen LogP contribution is -2.60. The Bertz CT molecular complexity index is 1880. The third-order valence-corrected chi connectivity index (χ3v) is 9.82. The lowest BCUT2D eigenvalue weighted by atomic mass is 9.99. The molecule has 0 bridgehead atoms. The quantitative estimate of drug-likeness (QED) is 0.0191. The molecule has 2 aromatic rings. The van der Waals surface area contributed by atoms with Crippen molar-refractivity contribution in [2.45, 2.75) is 129 Å². The minimum absolute atomic E-state index is 0.0304. The largest absolute Gasteiger partial charge is 0.508 e. The number of aromatic hydroxyl groups is 1. The Morgan fingerprint density at radius 2 is 1.19 bits per heavy atom. The van der Waals surface area contributed by atoms with E-state index in [2.05, 4.69) is 46.9 Å². The van der Waals surface area contributed by atoms with Gasteiger partial charge in [-0.3, -0.25) is 38.6 Å². The molecule has 0 radical (unpaired) electrons. The molecule has 7 amide bonds. The van der Waals surface area contributed by atoms with Crippen molar-refractivity contribution in [3.8, 4) is 5.75 Å². The van der Waals surface area contributed by atoms with Crippen LogP contribution in [0, 0.1) is 17.8 Å². The van der Waals surface area contributed by atoms with Crippen LogP contribution in [-0.2, 0) is 51.2 Å². The molecule has 0 saturated carbocycles. The van der Waals surface area contributed by atoms with Crippen LogP contribution in [0.25, 0.3) is 0 Å². The number of H-pyrrole nitrogens is 1. The van der Waals surface area contributed by atoms with Crippen molar-refractivity contribution in [3.05, 3.63) is 48.0 Å². The lowest BCUT2D eigenvalue weighted by molar-refractivity contribution is -0.136. The molecule has 1 aromatic heterocycles. The number of aromatic nitrogens is 2. The molecule has 0 fully saturated rings. The highest BCUT2D eigenvalue weighted by molar-refractivity contribution is 5.98. The molecule has 22 heteroatoms. The maximum absolute atomic E-state index is 14.3. The van der Waals surface area contributed by atoms with Crippen molar-refractivity contribution in [1.82, 2.24) is 41.9 Å². The summed E-state index contributed by atoms with van der Waals surface area (Å²) in [5, 5.41) is 25.6. The molecule has 0 aliphatic carbocycles. The number of hydrogen-bond donors (Lipinski definition) is 12. The first-order valence-electron chi connectivity index (χ1n) is 21.2. The maximum atomic E-state index is 14.3. The van der Waals surface area contributed by atoms with Crippen LogP contribution in [0.4, 0.5) is 0 Å². The fraction of sp³-hybridized carbons (Fsp3) is 0.571. The van der Waals surface area contributed by atoms with Crippen LogP contribution in [-0.4, -0.2) is 118 Å². The Labute approximate surface area is 373 Å². The van der Waals surface area contributed by atoms with Gasteiger partial charge in [0.1, 0.15) is 42.2 Å². The number of phenols is 1. The van der Waals surface area contributed by atoms with Gasteiger partial charge >= 0.3 is 0 Å². The van der Waals surface area contributed by atoms with Crippen molar-refractivity contribution in [2.24, 2.45) is 45.7 Å². The second-order valence-corrected chi connectivity index (χ2v) is 16.9. The zero-order valence-corrected chi connectivity index (χ0v) is 37.4. The first kappa shape index (κ1) is 53.6. The number of rotatable bonds is 28. The fourth-order valence-electron chi connectivity index (χ4n) is 6.36. The van der Waals surface area contributed by atoms with Crippen molar-refractivity contribution >= 4 is 53.6 Å². The number of hydrogen-bond acceptors (Lipinski definition) is 12. The number of carbonyl (C=O) groups is 8. The minimum atomic E-state index is -1.58. The summed E-state index contributed by atoms with van der Waals surface area (Å²) < 4.78 is 0. The van der Waals surface area contributed by atoms with E-state index >= 15 is 0 Å². The highest BCUT2D eigenvalue weighted by atomic mass is 16.3. The Balaban J connectivity index is 2.42. The molecule has 64 heavy (non-hydrogen) atoms. The van der Waals surface area contributed by atoms with Crippen LogP contribution < -0.4 is 54.8 Å². The second-order valence-electron chi connectivity index (χ2n) is 16.9. The van der Waals surface area contributed by atoms with Gasteiger partial charge in [0, 0.05) is 31.3 Å². The van der Waals surface area contributed by atoms with E-state index in [1.54, 1.807) is 27.7 Å². The van der Waals surface area contributed by atoms with E-state index in [9.17, 15) is 43.5 Å². The van der Waals surface area contributed by atoms with Crippen LogP contribution in [0.15, 0.2) is 41.8 Å². The number of carbonyl (C=O) groups excluding carboxylic acids is 8. The highest BCUT2D eigenvalue weighted by Crippen LogP contribution is 2.14. The number of imidazole rings is 1. The zero-order valence-electron chi connectivity index (χ0n) is 37.4. The number of aldehydes is 1. The smallest absolute Gasteiger partial charge is 0.243 e. The molecule has 0 aliphatic rings. The molecule has 0 spiro atoms. The molecule has 16 N–H and O–H groups in total. The van der Waals surface area contributed by atoms with Crippen molar-refractivity contribution in [3.63, 3.8) is 0 Å². The second kappa shape index (κ2) is 26.8. The predicted molar refractivity (Wildman–Crippen MR) is 237 cm³/mol. The van der Waals surface area contributed by atoms with Gasteiger partial charge in [0.15, 0.2) is 5.96 Å². The molecule has 22 nitrogen and oxygen atoms in total. The summed E-state index contributed by atoms with van der Waals surface area (Å²) in [7, 11) is 0. The first-order chi connectivity index (χ1) is 30.1. The number of aromatic amines is 1. The topological polar surface area (TPSA) is 374 Å². The number of phenolic OH excluding ortho intramolecular Hbond substituents is 1. The van der Waals surface area contributed by atoms with Crippen LogP contribution in [0.5, 0.6) is 5.75 Å². The van der Waals surface area contributed by atoms with Crippen molar-refractivity contribution < 1.29 is 43.5 Å². The maximum Gasteiger partial charge on any atom is 0.243 e. The van der Waals surface area contributed by atoms with E-state index in [-0.39, 0.29) is 68.1 Å². The van der Waals surface area contributed by atoms with E-state index in [1.165, 1.54) is 36.8 Å². The highest BCUT2D eigenvalue weighted by Gasteiger charge is 2.35. The SMILES string of the molecule is CC(C)CC(NC(=O)[C@H](Cc1ccc(O)cc1)NC(=O)C(Cc1cnc[nH]1)NC(=O)[C@@H](N)CCCN=C(N)N)C(=O)N[C@@H](CC(N)=O)C(=O)NC(CC(C)C)C(=O)N[C@H](C=O)C(C)C. The molecule has 0 aliphatic heterocycles. The minimum Gasteiger partial charge on any atom is -0.508 e. The molecule has 354 valence electrons. The third kappa shape index (κ3) is 19.6. The Morgan fingerprint density at radius 1 is 0.703 bits per heavy atom. The summed E-state index contributed by atoms with van der Waals surface area (Å²) >= 11 is 0. The molecule has 2 rings (SSSR count). The Hall–Kier alpha value is -6.58. The Morgan fingerprint density at radius 3 is 1.67 bits per heavy atom. The molecular formula is C42H67N13O9. The van der Waals surface area contributed by atoms with E-state index < -0.39 is 90.1 Å². The van der Waals surface area contributed by atoms with Crippen LogP contribution >= 0.6 is 0 Å². The predicted octanol–water partition coefficient (Wildman–Crippen LogP) is -1.99. The van der Waals surface area contributed by atoms with E-state index in [0.717, 1.165) is 0 Å². The number of nitrogens with two attached hydrogens (primary N) is 4. The number of nitrogens with zero attached hydrogens (tertiary/aromatic N) is 2. The number of amides is 7. The number of primary amides is 1. The number of benzene rings is 1. The number of aliphatic imine (C=N–C) groups is 1. The zero-order chi connectivity index (χ0) is 48.1. The monoisotopic (exact) mass is 898 g/mol. The lowest BCUT2D eigenvalue weighted by Gasteiger charge is -2.28. The summed E-state index contributed by atoms with van der Waals surface area (Å²) in [5.74, 6) is -6.37. The first-order valence-corrected chi connectivity index (χ1v) is 21.2. The van der Waals surface area contributed by atoms with E-state index in [4.69, 9.17) is 22.9 Å². The van der Waals surface area contributed by atoms with Gasteiger partial charge in [-0.2, -0.15) is 0 Å². The Kier molecular flexibility index (Phi) is 22.4. The molecule has 7 atom stereocenters. The van der Waals surface area contributed by atoms with Gasteiger partial charge in [0.05, 0.1) is 24.8 Å². The van der Waals surface area contributed by atoms with Crippen LogP contribution in [0.3, 0.4) is 0 Å². The third-order valence-electron chi connectivity index (χ3n) is 9.82. The molecular weight excluding hydrogens is 831 g/mol. The van der Waals surface area contributed by atoms with E-state index in [1.807, 2.05) is 13.8 Å². The van der Waals surface area contributed by atoms with Crippen molar-refractivity contribution in [2.75, 3.05) is 6.54 Å². The summed E-state index contributed by atoms with van der Waals surface area (Å²) in [6.45, 7) is 10.9. The van der Waals surface area contributed by atoms with Crippen molar-refractivity contribution in [1.29, 1.82) is 0 Å². The van der Waals surface area contributed by atoms with Gasteiger partial charge in [-0.05, 0) is 61.1 Å². The average molecular weight is 898 g/mol. The van der Waals surface area contributed by atoms with Crippen LogP contribution in [0.1, 0.15) is 84.9 Å². The number of guanidine groups is 1. The summed E-state index contributed by atoms with van der Waals surface area (Å²) in [6.07, 6.45) is 3.28. The van der Waals surface area contributed by atoms with Gasteiger partial charge in [-0.1, -0.05) is 53.7 Å². The number of nitrogens with one attached hydrogen (secondary N) is 7.